The van der Waals surface area contributed by atoms with Crippen molar-refractivity contribution >= 4 is 11.8 Å². The van der Waals surface area contributed by atoms with Gasteiger partial charge in [0.2, 0.25) is 0 Å². The van der Waals surface area contributed by atoms with Crippen molar-refractivity contribution in [2.24, 2.45) is 0 Å². The molecule has 1 aromatic carbocycles. The summed E-state index contributed by atoms with van der Waals surface area (Å²) >= 11 is 1.31. The van der Waals surface area contributed by atoms with Crippen molar-refractivity contribution < 1.29 is 8.78 Å². The van der Waals surface area contributed by atoms with E-state index in [0.717, 1.165) is 10.3 Å². The monoisotopic (exact) mass is 307 g/mol. The maximum Gasteiger partial charge on any atom is 0.319 e. The van der Waals surface area contributed by atoms with E-state index in [2.05, 4.69) is 15.2 Å². The lowest BCUT2D eigenvalue weighted by Crippen LogP contribution is -2.03. The van der Waals surface area contributed by atoms with Gasteiger partial charge >= 0.3 is 6.55 Å². The van der Waals surface area contributed by atoms with Gasteiger partial charge in [0.1, 0.15) is 12.2 Å². The van der Waals surface area contributed by atoms with Crippen molar-refractivity contribution in [3.8, 4) is 5.69 Å². The minimum absolute atomic E-state index is 0.295. The Labute approximate surface area is 123 Å². The lowest BCUT2D eigenvalue weighted by Gasteiger charge is -2.07. The summed E-state index contributed by atoms with van der Waals surface area (Å²) in [6, 6.07) is 9.59. The summed E-state index contributed by atoms with van der Waals surface area (Å²) in [5, 5.41) is 8.52. The van der Waals surface area contributed by atoms with Crippen molar-refractivity contribution in [2.45, 2.75) is 17.5 Å². The highest BCUT2D eigenvalue weighted by Crippen LogP contribution is 2.24. The lowest BCUT2D eigenvalue weighted by atomic mass is 10.3. The van der Waals surface area contributed by atoms with Gasteiger partial charge in [0.05, 0.1) is 5.75 Å². The molecule has 8 heteroatoms. The second kappa shape index (κ2) is 6.04. The van der Waals surface area contributed by atoms with E-state index < -0.39 is 6.55 Å². The standard InChI is InChI=1S/C13H11F2N5S/c14-12(15)19-7-6-16-11(19)8-21-13-18-17-9-20(13)10-4-2-1-3-5-10/h1-7,9,12H,8H2. The highest BCUT2D eigenvalue weighted by molar-refractivity contribution is 7.98. The molecule has 0 unspecified atom stereocenters. The van der Waals surface area contributed by atoms with Gasteiger partial charge < -0.3 is 0 Å². The molecule has 0 atom stereocenters. The molecule has 108 valence electrons. The number of aromatic nitrogens is 5. The van der Waals surface area contributed by atoms with Gasteiger partial charge in [-0.2, -0.15) is 8.78 Å². The van der Waals surface area contributed by atoms with Gasteiger partial charge in [-0.3, -0.25) is 9.13 Å². The van der Waals surface area contributed by atoms with Gasteiger partial charge in [-0.05, 0) is 12.1 Å². The van der Waals surface area contributed by atoms with Crippen molar-refractivity contribution in [2.75, 3.05) is 0 Å². The number of para-hydroxylation sites is 1. The minimum atomic E-state index is -2.59. The maximum atomic E-state index is 12.8. The number of hydrogen-bond donors (Lipinski definition) is 0. The smallest absolute Gasteiger partial charge is 0.277 e. The van der Waals surface area contributed by atoms with Crippen molar-refractivity contribution in [3.63, 3.8) is 0 Å². The van der Waals surface area contributed by atoms with Crippen LogP contribution in [0.5, 0.6) is 0 Å². The van der Waals surface area contributed by atoms with Crippen LogP contribution in [0.4, 0.5) is 8.78 Å². The molecule has 0 radical (unpaired) electrons. The first kappa shape index (κ1) is 13.7. The Morgan fingerprint density at radius 1 is 1.19 bits per heavy atom. The predicted octanol–water partition coefficient (Wildman–Crippen LogP) is 3.15. The van der Waals surface area contributed by atoms with Gasteiger partial charge in [-0.1, -0.05) is 30.0 Å². The highest BCUT2D eigenvalue weighted by atomic mass is 32.2. The van der Waals surface area contributed by atoms with E-state index in [9.17, 15) is 8.78 Å². The first-order chi connectivity index (χ1) is 10.3. The number of rotatable bonds is 5. The third kappa shape index (κ3) is 2.94. The normalized spacial score (nSPS) is 11.2. The van der Waals surface area contributed by atoms with Crippen molar-refractivity contribution in [1.82, 2.24) is 24.3 Å². The molecule has 3 rings (SSSR count). The van der Waals surface area contributed by atoms with Gasteiger partial charge in [0, 0.05) is 18.1 Å². The Bertz CT molecular complexity index is 710. The topological polar surface area (TPSA) is 48.5 Å². The maximum absolute atomic E-state index is 12.8. The van der Waals surface area contributed by atoms with Crippen LogP contribution >= 0.6 is 11.8 Å². The second-order valence-electron chi connectivity index (χ2n) is 4.14. The Kier molecular flexibility index (Phi) is 3.96. The summed E-state index contributed by atoms with van der Waals surface area (Å²) in [6.45, 7) is -2.59. The van der Waals surface area contributed by atoms with Crippen LogP contribution in [-0.2, 0) is 5.75 Å². The Morgan fingerprint density at radius 3 is 2.76 bits per heavy atom. The molecule has 0 spiro atoms. The average Bonchev–Trinajstić information content (AvgIpc) is 3.15. The summed E-state index contributed by atoms with van der Waals surface area (Å²) in [5.41, 5.74) is 0.919. The van der Waals surface area contributed by atoms with E-state index in [4.69, 9.17) is 0 Å². The average molecular weight is 307 g/mol. The third-order valence-electron chi connectivity index (χ3n) is 2.84. The fourth-order valence-electron chi connectivity index (χ4n) is 1.85. The molecule has 0 saturated carbocycles. The summed E-state index contributed by atoms with van der Waals surface area (Å²) < 4.78 is 28.2. The van der Waals surface area contributed by atoms with Crippen molar-refractivity contribution in [3.05, 3.63) is 54.9 Å². The lowest BCUT2D eigenvalue weighted by molar-refractivity contribution is 0.0678. The molecular formula is C13H11F2N5S. The molecule has 0 saturated heterocycles. The number of thioether (sulfide) groups is 1. The van der Waals surface area contributed by atoms with E-state index in [1.54, 1.807) is 10.9 Å². The number of alkyl halides is 2. The summed E-state index contributed by atoms with van der Waals surface area (Å²) in [6.07, 6.45) is 4.23. The first-order valence-electron chi connectivity index (χ1n) is 6.14. The SMILES string of the molecule is FC(F)n1ccnc1CSc1nncn1-c1ccccc1. The third-order valence-corrected chi connectivity index (χ3v) is 3.78. The number of nitrogens with zero attached hydrogens (tertiary/aromatic N) is 5. The summed E-state index contributed by atoms with van der Waals surface area (Å²) in [5.74, 6) is 0.598. The van der Waals surface area contributed by atoms with Crippen LogP contribution in [0.15, 0.2) is 54.2 Å². The molecule has 5 nitrogen and oxygen atoms in total. The fourth-order valence-corrected chi connectivity index (χ4v) is 2.73. The quantitative estimate of drug-likeness (QED) is 0.679. The highest BCUT2D eigenvalue weighted by Gasteiger charge is 2.13. The predicted molar refractivity (Wildman–Crippen MR) is 74.4 cm³/mol. The molecule has 0 aliphatic heterocycles. The van der Waals surface area contributed by atoms with Crippen LogP contribution < -0.4 is 0 Å². The zero-order valence-electron chi connectivity index (χ0n) is 10.8. The van der Waals surface area contributed by atoms with Crippen LogP contribution in [0.2, 0.25) is 0 Å². The summed E-state index contributed by atoms with van der Waals surface area (Å²) in [4.78, 5) is 3.94. The molecule has 0 aliphatic rings. The Balaban J connectivity index is 1.78. The minimum Gasteiger partial charge on any atom is -0.277 e. The van der Waals surface area contributed by atoms with E-state index in [1.807, 2.05) is 30.3 Å². The molecule has 3 aromatic rings. The number of imidazole rings is 1. The molecule has 21 heavy (non-hydrogen) atoms. The molecule has 2 aromatic heterocycles. The van der Waals surface area contributed by atoms with E-state index in [-0.39, 0.29) is 0 Å². The molecule has 0 N–H and O–H groups in total. The zero-order chi connectivity index (χ0) is 14.7. The van der Waals surface area contributed by atoms with E-state index in [0.29, 0.717) is 16.7 Å². The molecular weight excluding hydrogens is 296 g/mol. The van der Waals surface area contributed by atoms with Crippen LogP contribution in [-0.4, -0.2) is 24.3 Å². The number of halogens is 2. The van der Waals surface area contributed by atoms with Crippen LogP contribution in [0.25, 0.3) is 5.69 Å². The Morgan fingerprint density at radius 2 is 2.00 bits per heavy atom. The van der Waals surface area contributed by atoms with E-state index in [1.165, 1.54) is 24.2 Å². The van der Waals surface area contributed by atoms with Gasteiger partial charge in [0.15, 0.2) is 5.16 Å². The zero-order valence-corrected chi connectivity index (χ0v) is 11.6. The first-order valence-corrected chi connectivity index (χ1v) is 7.12. The second-order valence-corrected chi connectivity index (χ2v) is 5.08. The van der Waals surface area contributed by atoms with Gasteiger partial charge in [-0.15, -0.1) is 10.2 Å². The fraction of sp³-hybridized carbons (Fsp3) is 0.154. The van der Waals surface area contributed by atoms with Crippen LogP contribution in [0, 0.1) is 0 Å². The van der Waals surface area contributed by atoms with Gasteiger partial charge in [-0.25, -0.2) is 4.98 Å². The van der Waals surface area contributed by atoms with Crippen LogP contribution in [0.1, 0.15) is 12.4 Å². The number of hydrogen-bond acceptors (Lipinski definition) is 4. The van der Waals surface area contributed by atoms with E-state index >= 15 is 0 Å². The largest absolute Gasteiger partial charge is 0.319 e. The van der Waals surface area contributed by atoms with Crippen molar-refractivity contribution in [1.29, 1.82) is 0 Å². The molecule has 0 fully saturated rings. The molecule has 0 amide bonds. The molecule has 0 aliphatic carbocycles. The molecule has 2 heterocycles. The number of benzene rings is 1. The van der Waals surface area contributed by atoms with Gasteiger partial charge in [0.25, 0.3) is 0 Å². The summed E-state index contributed by atoms with van der Waals surface area (Å²) in [7, 11) is 0. The molecule has 0 bridgehead atoms. The van der Waals surface area contributed by atoms with Crippen LogP contribution in [0.3, 0.4) is 0 Å². The Hall–Kier alpha value is -2.22.